The fraction of sp³-hybridized carbons (Fsp3) is 0.480. The molecule has 1 atom stereocenters. The molecule has 0 aliphatic carbocycles. The first kappa shape index (κ1) is 26.9. The summed E-state index contributed by atoms with van der Waals surface area (Å²) in [4.78, 5) is 13.5. The highest BCUT2D eigenvalue weighted by atomic mass is 32.2. The molecule has 5 rings (SSSR count). The van der Waals surface area contributed by atoms with E-state index >= 15 is 0 Å². The van der Waals surface area contributed by atoms with E-state index in [0.717, 1.165) is 18.4 Å². The molecule has 1 unspecified atom stereocenters. The van der Waals surface area contributed by atoms with Crippen molar-refractivity contribution >= 4 is 31.1 Å². The first-order chi connectivity index (χ1) is 18.1. The number of fused-ring (bicyclic) bond motifs is 1. The number of sulfonamides is 2. The fourth-order valence-electron chi connectivity index (χ4n) is 4.90. The van der Waals surface area contributed by atoms with Crippen LogP contribution in [0.4, 0.5) is 0 Å². The van der Waals surface area contributed by atoms with Gasteiger partial charge in [0.2, 0.25) is 25.9 Å². The Labute approximate surface area is 222 Å². The van der Waals surface area contributed by atoms with Gasteiger partial charge in [-0.25, -0.2) is 31.1 Å². The summed E-state index contributed by atoms with van der Waals surface area (Å²) in [7, 11) is -6.46. The number of hydrogen-bond acceptors (Lipinski definition) is 9. The summed E-state index contributed by atoms with van der Waals surface area (Å²) in [6, 6.07) is 9.99. The minimum atomic E-state index is -3.31. The fourth-order valence-corrected chi connectivity index (χ4v) is 6.62. The Bertz CT molecular complexity index is 1510. The Morgan fingerprint density at radius 3 is 2.32 bits per heavy atom. The molecule has 204 valence electrons. The lowest BCUT2D eigenvalue weighted by atomic mass is 9.89. The molecular formula is C25H31N5O6S2. The predicted octanol–water partition coefficient (Wildman–Crippen LogP) is 1.87. The first-order valence-electron chi connectivity index (χ1n) is 12.4. The second kappa shape index (κ2) is 10.8. The van der Waals surface area contributed by atoms with Gasteiger partial charge in [0.05, 0.1) is 30.3 Å². The van der Waals surface area contributed by atoms with Crippen molar-refractivity contribution in [1.29, 1.82) is 0 Å². The summed E-state index contributed by atoms with van der Waals surface area (Å²) in [6.45, 7) is 2.03. The Hall–Kier alpha value is -2.71. The normalized spacial score (nSPS) is 20.5. The number of piperidine rings is 1. The number of aromatic nitrogens is 3. The smallest absolute Gasteiger partial charge is 0.242 e. The maximum atomic E-state index is 11.9. The van der Waals surface area contributed by atoms with Crippen LogP contribution < -0.4 is 4.74 Å². The van der Waals surface area contributed by atoms with Gasteiger partial charge in [0.25, 0.3) is 0 Å². The third kappa shape index (κ3) is 6.12. The summed E-state index contributed by atoms with van der Waals surface area (Å²) in [5.74, 6) is 0.612. The Morgan fingerprint density at radius 1 is 0.947 bits per heavy atom. The highest BCUT2D eigenvalue weighted by Gasteiger charge is 2.28. The third-order valence-electron chi connectivity index (χ3n) is 7.00. The summed E-state index contributed by atoms with van der Waals surface area (Å²) in [6.07, 6.45) is 6.77. The molecule has 4 heterocycles. The molecule has 0 amide bonds. The number of nitrogens with zero attached hydrogens (tertiary/aromatic N) is 5. The largest absolute Gasteiger partial charge is 0.473 e. The zero-order valence-corrected chi connectivity index (χ0v) is 23.0. The van der Waals surface area contributed by atoms with Crippen LogP contribution in [-0.4, -0.2) is 98.4 Å². The first-order valence-corrected chi connectivity index (χ1v) is 16.1. The summed E-state index contributed by atoms with van der Waals surface area (Å²) in [5.41, 5.74) is 3.88. The molecule has 0 bridgehead atoms. The van der Waals surface area contributed by atoms with Gasteiger partial charge in [0.1, 0.15) is 12.7 Å². The van der Waals surface area contributed by atoms with Gasteiger partial charge in [-0.1, -0.05) is 24.3 Å². The zero-order valence-electron chi connectivity index (χ0n) is 21.4. The van der Waals surface area contributed by atoms with Crippen LogP contribution in [0.2, 0.25) is 0 Å². The van der Waals surface area contributed by atoms with Gasteiger partial charge in [0.15, 0.2) is 5.52 Å². The zero-order chi connectivity index (χ0) is 26.9. The molecule has 3 aromatic rings. The average Bonchev–Trinajstić information content (AvgIpc) is 2.91. The molecule has 0 radical (unpaired) electrons. The second-order valence-electron chi connectivity index (χ2n) is 9.72. The maximum absolute atomic E-state index is 11.9. The number of pyridine rings is 1. The number of morpholine rings is 1. The number of benzene rings is 1. The summed E-state index contributed by atoms with van der Waals surface area (Å²) >= 11 is 0. The van der Waals surface area contributed by atoms with Crippen molar-refractivity contribution < 1.29 is 26.3 Å². The van der Waals surface area contributed by atoms with E-state index in [1.165, 1.54) is 26.7 Å². The molecule has 11 nitrogen and oxygen atoms in total. The molecular weight excluding hydrogens is 530 g/mol. The minimum absolute atomic E-state index is 0.124. The van der Waals surface area contributed by atoms with E-state index in [0.29, 0.717) is 54.8 Å². The molecule has 0 saturated carbocycles. The van der Waals surface area contributed by atoms with Crippen molar-refractivity contribution in [3.8, 4) is 17.1 Å². The van der Waals surface area contributed by atoms with Gasteiger partial charge in [0, 0.05) is 44.1 Å². The van der Waals surface area contributed by atoms with Gasteiger partial charge in [-0.05, 0) is 30.4 Å². The number of hydrogen-bond donors (Lipinski definition) is 0. The topological polar surface area (TPSA) is 132 Å². The van der Waals surface area contributed by atoms with Crippen LogP contribution in [0.3, 0.4) is 0 Å². The molecule has 2 aliphatic rings. The lowest BCUT2D eigenvalue weighted by Crippen LogP contribution is -2.47. The average molecular weight is 562 g/mol. The monoisotopic (exact) mass is 561 g/mol. The van der Waals surface area contributed by atoms with Crippen LogP contribution in [0.25, 0.3) is 22.3 Å². The SMILES string of the molecule is CS(=O)(=O)N1CCC(c2ccc(-c3cc4nccnc4c(OCC4CN(S(C)(=O)=O)CCO4)n3)cc2)CC1. The minimum Gasteiger partial charge on any atom is -0.473 e. The second-order valence-corrected chi connectivity index (χ2v) is 13.7. The van der Waals surface area contributed by atoms with Gasteiger partial charge >= 0.3 is 0 Å². The van der Waals surface area contributed by atoms with E-state index in [9.17, 15) is 16.8 Å². The van der Waals surface area contributed by atoms with Gasteiger partial charge < -0.3 is 9.47 Å². The van der Waals surface area contributed by atoms with Crippen molar-refractivity contribution in [1.82, 2.24) is 23.6 Å². The molecule has 2 saturated heterocycles. The maximum Gasteiger partial charge on any atom is 0.242 e. The van der Waals surface area contributed by atoms with Crippen LogP contribution >= 0.6 is 0 Å². The van der Waals surface area contributed by atoms with Crippen LogP contribution in [0, 0.1) is 0 Å². The quantitative estimate of drug-likeness (QED) is 0.424. The van der Waals surface area contributed by atoms with E-state index in [4.69, 9.17) is 14.5 Å². The highest BCUT2D eigenvalue weighted by molar-refractivity contribution is 7.88. The Balaban J connectivity index is 1.33. The molecule has 2 aromatic heterocycles. The molecule has 2 fully saturated rings. The van der Waals surface area contributed by atoms with Crippen molar-refractivity contribution in [3.63, 3.8) is 0 Å². The van der Waals surface area contributed by atoms with Crippen molar-refractivity contribution in [2.24, 2.45) is 0 Å². The van der Waals surface area contributed by atoms with Crippen molar-refractivity contribution in [2.45, 2.75) is 24.9 Å². The number of rotatable bonds is 7. The van der Waals surface area contributed by atoms with Gasteiger partial charge in [-0.15, -0.1) is 0 Å². The lowest BCUT2D eigenvalue weighted by molar-refractivity contribution is -0.0252. The van der Waals surface area contributed by atoms with Crippen LogP contribution in [0.1, 0.15) is 24.3 Å². The van der Waals surface area contributed by atoms with Crippen LogP contribution in [-0.2, 0) is 24.8 Å². The van der Waals surface area contributed by atoms with Crippen LogP contribution in [0.15, 0.2) is 42.7 Å². The van der Waals surface area contributed by atoms with E-state index < -0.39 is 26.2 Å². The van der Waals surface area contributed by atoms with E-state index in [2.05, 4.69) is 22.1 Å². The predicted molar refractivity (Wildman–Crippen MR) is 143 cm³/mol. The van der Waals surface area contributed by atoms with Crippen molar-refractivity contribution in [3.05, 3.63) is 48.3 Å². The highest BCUT2D eigenvalue weighted by Crippen LogP contribution is 2.32. The molecule has 2 aliphatic heterocycles. The molecule has 38 heavy (non-hydrogen) atoms. The van der Waals surface area contributed by atoms with E-state index in [-0.39, 0.29) is 13.2 Å². The van der Waals surface area contributed by atoms with Gasteiger partial charge in [-0.2, -0.15) is 4.31 Å². The molecule has 13 heteroatoms. The Kier molecular flexibility index (Phi) is 7.65. The van der Waals surface area contributed by atoms with Crippen molar-refractivity contribution in [2.75, 3.05) is 51.9 Å². The standard InChI is InChI=1S/C25H31N5O6S2/c1-37(31,32)29-11-7-19(8-12-29)18-3-5-20(6-4-18)22-15-23-24(27-10-9-26-23)25(28-22)36-17-21-16-30(13-14-35-21)38(2,33)34/h3-6,9-10,15,19,21H,7-8,11-14,16-17H2,1-2H3. The molecule has 1 aromatic carbocycles. The summed E-state index contributed by atoms with van der Waals surface area (Å²) < 4.78 is 62.2. The third-order valence-corrected chi connectivity index (χ3v) is 9.57. The molecule has 0 spiro atoms. The van der Waals surface area contributed by atoms with Gasteiger partial charge in [-0.3, -0.25) is 4.98 Å². The Morgan fingerprint density at radius 2 is 1.63 bits per heavy atom. The number of ether oxygens (including phenoxy) is 2. The molecule has 0 N–H and O–H groups in total. The summed E-state index contributed by atoms with van der Waals surface area (Å²) in [5, 5.41) is 0. The van der Waals surface area contributed by atoms with E-state index in [1.54, 1.807) is 12.4 Å². The lowest BCUT2D eigenvalue weighted by Gasteiger charge is -2.31. The van der Waals surface area contributed by atoms with Crippen LogP contribution in [0.5, 0.6) is 5.88 Å². The van der Waals surface area contributed by atoms with E-state index in [1.807, 2.05) is 18.2 Å².